The predicted octanol–water partition coefficient (Wildman–Crippen LogP) is 3.12. The third-order valence-electron chi connectivity index (χ3n) is 3.31. The van der Waals surface area contributed by atoms with Crippen molar-refractivity contribution in [3.63, 3.8) is 0 Å². The Kier molecular flexibility index (Phi) is 2.70. The van der Waals surface area contributed by atoms with E-state index in [4.69, 9.17) is 5.26 Å². The summed E-state index contributed by atoms with van der Waals surface area (Å²) in [5.41, 5.74) is 4.54. The summed E-state index contributed by atoms with van der Waals surface area (Å²) in [6, 6.07) is 12.3. The number of nitriles is 1. The number of rotatable bonds is 1. The molecule has 0 unspecified atom stereocenters. The number of para-hydroxylation sites is 1. The van der Waals surface area contributed by atoms with Crippen LogP contribution in [0.15, 0.2) is 42.6 Å². The van der Waals surface area contributed by atoms with Gasteiger partial charge in [-0.05, 0) is 37.0 Å². The first-order valence-corrected chi connectivity index (χ1v) is 6.11. The molecule has 1 aliphatic carbocycles. The first-order valence-electron chi connectivity index (χ1n) is 6.11. The van der Waals surface area contributed by atoms with Gasteiger partial charge in [0.15, 0.2) is 0 Å². The van der Waals surface area contributed by atoms with Crippen LogP contribution in [0, 0.1) is 11.3 Å². The quantitative estimate of drug-likeness (QED) is 0.713. The van der Waals surface area contributed by atoms with Crippen molar-refractivity contribution in [3.8, 4) is 11.8 Å². The van der Waals surface area contributed by atoms with Crippen molar-refractivity contribution >= 4 is 5.57 Å². The molecule has 2 aromatic rings. The summed E-state index contributed by atoms with van der Waals surface area (Å²) in [5, 5.41) is 13.3. The lowest BCUT2D eigenvalue weighted by Crippen LogP contribution is -2.07. The van der Waals surface area contributed by atoms with Crippen LogP contribution in [0.25, 0.3) is 11.3 Å². The van der Waals surface area contributed by atoms with Crippen LogP contribution in [-0.2, 0) is 6.42 Å². The minimum Gasteiger partial charge on any atom is -0.237 e. The maximum atomic E-state index is 8.81. The minimum absolute atomic E-state index is 0.973. The summed E-state index contributed by atoms with van der Waals surface area (Å²) in [5.74, 6) is 0. The van der Waals surface area contributed by atoms with Gasteiger partial charge in [0.2, 0.25) is 0 Å². The molecule has 18 heavy (non-hydrogen) atoms. The fourth-order valence-corrected chi connectivity index (χ4v) is 2.48. The Morgan fingerprint density at radius 2 is 2.06 bits per heavy atom. The second-order valence-electron chi connectivity index (χ2n) is 4.40. The molecule has 0 saturated heterocycles. The maximum Gasteiger partial charge on any atom is 0.0915 e. The van der Waals surface area contributed by atoms with Crippen LogP contribution >= 0.6 is 0 Å². The zero-order chi connectivity index (χ0) is 12.4. The summed E-state index contributed by atoms with van der Waals surface area (Å²) in [6.07, 6.45) is 6.60. The Labute approximate surface area is 106 Å². The molecule has 1 heterocycles. The van der Waals surface area contributed by atoms with E-state index >= 15 is 0 Å². The van der Waals surface area contributed by atoms with Crippen molar-refractivity contribution < 1.29 is 0 Å². The minimum atomic E-state index is 0.973. The second-order valence-corrected chi connectivity index (χ2v) is 4.40. The lowest BCUT2D eigenvalue weighted by atomic mass is 9.92. The van der Waals surface area contributed by atoms with E-state index in [1.165, 1.54) is 5.69 Å². The number of fused-ring (bicyclic) bond motifs is 1. The molecular weight excluding hydrogens is 222 g/mol. The summed E-state index contributed by atoms with van der Waals surface area (Å²) in [4.78, 5) is 0. The molecule has 0 N–H and O–H groups in total. The number of aromatic nitrogens is 2. The lowest BCUT2D eigenvalue weighted by molar-refractivity contribution is 0.738. The first-order chi connectivity index (χ1) is 8.90. The Balaban J connectivity index is 2.11. The first kappa shape index (κ1) is 10.8. The smallest absolute Gasteiger partial charge is 0.0915 e. The van der Waals surface area contributed by atoms with E-state index in [1.807, 2.05) is 29.1 Å². The second kappa shape index (κ2) is 4.50. The molecule has 0 fully saturated rings. The van der Waals surface area contributed by atoms with Gasteiger partial charge in [-0.15, -0.1) is 0 Å². The SMILES string of the molecule is N#C/C=C1/CCCc2c1cnn2-c1ccccc1. The molecule has 1 aromatic carbocycles. The number of hydrogen-bond acceptors (Lipinski definition) is 2. The van der Waals surface area contributed by atoms with Gasteiger partial charge in [0.05, 0.1) is 23.6 Å². The largest absolute Gasteiger partial charge is 0.237 e. The van der Waals surface area contributed by atoms with Crippen molar-refractivity contribution in [2.45, 2.75) is 19.3 Å². The molecule has 3 rings (SSSR count). The Morgan fingerprint density at radius 3 is 2.83 bits per heavy atom. The molecule has 0 atom stereocenters. The van der Waals surface area contributed by atoms with Gasteiger partial charge < -0.3 is 0 Å². The highest BCUT2D eigenvalue weighted by Crippen LogP contribution is 2.31. The Morgan fingerprint density at radius 1 is 1.22 bits per heavy atom. The number of allylic oxidation sites excluding steroid dienone is 2. The molecule has 0 bridgehead atoms. The van der Waals surface area contributed by atoms with E-state index in [0.717, 1.165) is 36.1 Å². The van der Waals surface area contributed by atoms with Gasteiger partial charge >= 0.3 is 0 Å². The number of nitrogens with zero attached hydrogens (tertiary/aromatic N) is 3. The normalized spacial score (nSPS) is 16.3. The van der Waals surface area contributed by atoms with Gasteiger partial charge in [-0.3, -0.25) is 0 Å². The van der Waals surface area contributed by atoms with Crippen LogP contribution in [0.1, 0.15) is 24.1 Å². The monoisotopic (exact) mass is 235 g/mol. The average Bonchev–Trinajstić information content (AvgIpc) is 2.85. The number of benzene rings is 1. The zero-order valence-electron chi connectivity index (χ0n) is 10.0. The van der Waals surface area contributed by atoms with E-state index in [-0.39, 0.29) is 0 Å². The van der Waals surface area contributed by atoms with Gasteiger partial charge in [0.1, 0.15) is 0 Å². The van der Waals surface area contributed by atoms with Crippen LogP contribution in [0.2, 0.25) is 0 Å². The molecule has 0 aliphatic heterocycles. The van der Waals surface area contributed by atoms with Crippen molar-refractivity contribution in [3.05, 3.63) is 53.9 Å². The zero-order valence-corrected chi connectivity index (χ0v) is 10.0. The van der Waals surface area contributed by atoms with Gasteiger partial charge in [0.25, 0.3) is 0 Å². The van der Waals surface area contributed by atoms with E-state index in [9.17, 15) is 0 Å². The molecule has 3 heteroatoms. The van der Waals surface area contributed by atoms with Gasteiger partial charge in [-0.25, -0.2) is 4.68 Å². The van der Waals surface area contributed by atoms with Crippen LogP contribution in [0.4, 0.5) is 0 Å². The van der Waals surface area contributed by atoms with E-state index < -0.39 is 0 Å². The van der Waals surface area contributed by atoms with Gasteiger partial charge in [-0.2, -0.15) is 10.4 Å². The summed E-state index contributed by atoms with van der Waals surface area (Å²) in [6.45, 7) is 0. The molecule has 0 saturated carbocycles. The Hall–Kier alpha value is -2.34. The highest BCUT2D eigenvalue weighted by Gasteiger charge is 2.19. The van der Waals surface area contributed by atoms with Crippen LogP contribution < -0.4 is 0 Å². The molecule has 1 aromatic heterocycles. The van der Waals surface area contributed by atoms with Crippen LogP contribution in [0.5, 0.6) is 0 Å². The molecule has 0 amide bonds. The van der Waals surface area contributed by atoms with Gasteiger partial charge in [-0.1, -0.05) is 18.2 Å². The van der Waals surface area contributed by atoms with Crippen LogP contribution in [0.3, 0.4) is 0 Å². The third kappa shape index (κ3) is 1.72. The molecule has 0 radical (unpaired) electrons. The van der Waals surface area contributed by atoms with E-state index in [2.05, 4.69) is 23.3 Å². The summed E-state index contributed by atoms with van der Waals surface area (Å²) >= 11 is 0. The predicted molar refractivity (Wildman–Crippen MR) is 70.1 cm³/mol. The molecule has 3 nitrogen and oxygen atoms in total. The van der Waals surface area contributed by atoms with E-state index in [1.54, 1.807) is 6.08 Å². The van der Waals surface area contributed by atoms with Gasteiger partial charge in [0, 0.05) is 11.6 Å². The fraction of sp³-hybridized carbons (Fsp3) is 0.200. The average molecular weight is 235 g/mol. The highest BCUT2D eigenvalue weighted by atomic mass is 15.3. The maximum absolute atomic E-state index is 8.81. The molecular formula is C15H13N3. The topological polar surface area (TPSA) is 41.6 Å². The molecule has 88 valence electrons. The highest BCUT2D eigenvalue weighted by molar-refractivity contribution is 5.70. The molecule has 1 aliphatic rings. The van der Waals surface area contributed by atoms with Crippen molar-refractivity contribution in [2.24, 2.45) is 0 Å². The summed E-state index contributed by atoms with van der Waals surface area (Å²) < 4.78 is 1.99. The van der Waals surface area contributed by atoms with Crippen molar-refractivity contribution in [1.82, 2.24) is 9.78 Å². The third-order valence-corrected chi connectivity index (χ3v) is 3.31. The number of hydrogen-bond donors (Lipinski definition) is 0. The standard InChI is InChI=1S/C15H13N3/c16-10-9-12-5-4-8-15-14(12)11-17-18(15)13-6-2-1-3-7-13/h1-3,6-7,9,11H,4-5,8H2/b12-9-. The fourth-order valence-electron chi connectivity index (χ4n) is 2.48. The van der Waals surface area contributed by atoms with Crippen LogP contribution in [-0.4, -0.2) is 9.78 Å². The molecule has 0 spiro atoms. The van der Waals surface area contributed by atoms with Crippen molar-refractivity contribution in [2.75, 3.05) is 0 Å². The summed E-state index contributed by atoms with van der Waals surface area (Å²) in [7, 11) is 0. The Bertz CT molecular complexity index is 630. The lowest BCUT2D eigenvalue weighted by Gasteiger charge is -2.16. The van der Waals surface area contributed by atoms with Crippen molar-refractivity contribution in [1.29, 1.82) is 5.26 Å². The van der Waals surface area contributed by atoms with E-state index in [0.29, 0.717) is 0 Å².